The molecular formula is C14H11FN4O3S. The van der Waals surface area contributed by atoms with E-state index in [0.29, 0.717) is 16.9 Å². The minimum Gasteiger partial charge on any atom is -0.320 e. The predicted octanol–water partition coefficient (Wildman–Crippen LogP) is 1.24. The molecule has 0 radical (unpaired) electrons. The number of primary sulfonamides is 1. The number of hydrogen-bond acceptors (Lipinski definition) is 5. The van der Waals surface area contributed by atoms with E-state index >= 15 is 0 Å². The quantitative estimate of drug-likeness (QED) is 0.733. The lowest BCUT2D eigenvalue weighted by molar-refractivity contribution is -0.110. The zero-order valence-corrected chi connectivity index (χ0v) is 12.4. The number of nitrogens with zero attached hydrogens (tertiary/aromatic N) is 1. The van der Waals surface area contributed by atoms with Gasteiger partial charge >= 0.3 is 0 Å². The SMILES string of the molecule is NS(=O)(=O)c1ccc(N/N=C2\C(=O)Nc3cc(F)ccc32)cc1. The molecule has 0 atom stereocenters. The molecule has 0 spiro atoms. The Kier molecular flexibility index (Phi) is 3.58. The van der Waals surface area contributed by atoms with Crippen molar-refractivity contribution in [3.05, 3.63) is 53.8 Å². The Bertz CT molecular complexity index is 924. The van der Waals surface area contributed by atoms with Gasteiger partial charge in [0.15, 0.2) is 5.71 Å². The maximum Gasteiger partial charge on any atom is 0.276 e. The monoisotopic (exact) mass is 334 g/mol. The highest BCUT2D eigenvalue weighted by atomic mass is 32.2. The summed E-state index contributed by atoms with van der Waals surface area (Å²) in [5, 5.41) is 11.5. The molecule has 0 unspecified atom stereocenters. The van der Waals surface area contributed by atoms with Crippen molar-refractivity contribution in [2.45, 2.75) is 4.90 Å². The number of benzene rings is 2. The summed E-state index contributed by atoms with van der Waals surface area (Å²) >= 11 is 0. The lowest BCUT2D eigenvalue weighted by Gasteiger charge is -2.03. The molecule has 9 heteroatoms. The smallest absolute Gasteiger partial charge is 0.276 e. The molecule has 3 rings (SSSR count). The van der Waals surface area contributed by atoms with Crippen molar-refractivity contribution in [3.8, 4) is 0 Å². The van der Waals surface area contributed by atoms with Gasteiger partial charge in [-0.25, -0.2) is 17.9 Å². The highest BCUT2D eigenvalue weighted by Gasteiger charge is 2.26. The molecule has 1 amide bonds. The molecule has 0 fully saturated rings. The third-order valence-corrected chi connectivity index (χ3v) is 4.11. The third-order valence-electron chi connectivity index (χ3n) is 3.18. The maximum atomic E-state index is 13.1. The number of hydrazone groups is 1. The summed E-state index contributed by atoms with van der Waals surface area (Å²) in [6.45, 7) is 0. The third kappa shape index (κ3) is 3.05. The Hall–Kier alpha value is -2.78. The van der Waals surface area contributed by atoms with Crippen LogP contribution in [0, 0.1) is 5.82 Å². The van der Waals surface area contributed by atoms with Crippen molar-refractivity contribution in [1.82, 2.24) is 0 Å². The van der Waals surface area contributed by atoms with Gasteiger partial charge in [0.2, 0.25) is 10.0 Å². The van der Waals surface area contributed by atoms with Gasteiger partial charge in [0.1, 0.15) is 5.82 Å². The molecule has 1 aliphatic heterocycles. The average molecular weight is 334 g/mol. The molecular weight excluding hydrogens is 323 g/mol. The Labute approximate surface area is 131 Å². The summed E-state index contributed by atoms with van der Waals surface area (Å²) in [6, 6.07) is 9.44. The topological polar surface area (TPSA) is 114 Å². The van der Waals surface area contributed by atoms with Crippen molar-refractivity contribution in [2.75, 3.05) is 10.7 Å². The normalized spacial score (nSPS) is 15.4. The average Bonchev–Trinajstić information content (AvgIpc) is 2.79. The number of halogens is 1. The molecule has 7 nitrogen and oxygen atoms in total. The molecule has 2 aromatic carbocycles. The summed E-state index contributed by atoms with van der Waals surface area (Å²) < 4.78 is 35.5. The van der Waals surface area contributed by atoms with Crippen LogP contribution in [0.25, 0.3) is 0 Å². The van der Waals surface area contributed by atoms with Crippen LogP contribution in [-0.2, 0) is 14.8 Å². The van der Waals surface area contributed by atoms with Crippen molar-refractivity contribution in [1.29, 1.82) is 0 Å². The van der Waals surface area contributed by atoms with Gasteiger partial charge in [-0.2, -0.15) is 5.10 Å². The van der Waals surface area contributed by atoms with E-state index in [0.717, 1.165) is 0 Å². The van der Waals surface area contributed by atoms with E-state index in [4.69, 9.17) is 5.14 Å². The summed E-state index contributed by atoms with van der Waals surface area (Å²) in [5.74, 6) is -0.920. The van der Waals surface area contributed by atoms with Crippen LogP contribution in [0.3, 0.4) is 0 Å². The van der Waals surface area contributed by atoms with E-state index < -0.39 is 21.7 Å². The van der Waals surface area contributed by atoms with Crippen molar-refractivity contribution < 1.29 is 17.6 Å². The van der Waals surface area contributed by atoms with Gasteiger partial charge in [-0.15, -0.1) is 0 Å². The first-order valence-corrected chi connectivity index (χ1v) is 7.97. The summed E-state index contributed by atoms with van der Waals surface area (Å²) in [6.07, 6.45) is 0. The fourth-order valence-electron chi connectivity index (χ4n) is 2.08. The van der Waals surface area contributed by atoms with E-state index in [1.165, 1.54) is 42.5 Å². The number of nitrogens with two attached hydrogens (primary N) is 1. The van der Waals surface area contributed by atoms with E-state index in [-0.39, 0.29) is 10.6 Å². The minimum absolute atomic E-state index is 0.0323. The summed E-state index contributed by atoms with van der Waals surface area (Å²) in [7, 11) is -3.77. The number of sulfonamides is 1. The molecule has 0 saturated carbocycles. The molecule has 1 aliphatic rings. The number of carbonyl (C=O) groups is 1. The Morgan fingerprint density at radius 1 is 1.13 bits per heavy atom. The van der Waals surface area contributed by atoms with Crippen LogP contribution in [0.5, 0.6) is 0 Å². The van der Waals surface area contributed by atoms with Crippen LogP contribution in [0.4, 0.5) is 15.8 Å². The highest BCUT2D eigenvalue weighted by molar-refractivity contribution is 7.89. The number of carbonyl (C=O) groups excluding carboxylic acids is 1. The number of fused-ring (bicyclic) bond motifs is 1. The van der Waals surface area contributed by atoms with Crippen molar-refractivity contribution in [3.63, 3.8) is 0 Å². The lowest BCUT2D eigenvalue weighted by Crippen LogP contribution is -2.16. The number of hydrogen-bond donors (Lipinski definition) is 3. The van der Waals surface area contributed by atoms with Crippen LogP contribution >= 0.6 is 0 Å². The van der Waals surface area contributed by atoms with Crippen LogP contribution in [0.1, 0.15) is 5.56 Å². The van der Waals surface area contributed by atoms with Crippen molar-refractivity contribution >= 4 is 33.0 Å². The zero-order valence-electron chi connectivity index (χ0n) is 11.6. The van der Waals surface area contributed by atoms with Gasteiger partial charge < -0.3 is 5.32 Å². The first-order valence-electron chi connectivity index (χ1n) is 6.42. The number of amides is 1. The highest BCUT2D eigenvalue weighted by Crippen LogP contribution is 2.24. The van der Waals surface area contributed by atoms with Gasteiger partial charge in [0.25, 0.3) is 5.91 Å². The minimum atomic E-state index is -3.77. The van der Waals surface area contributed by atoms with E-state index in [9.17, 15) is 17.6 Å². The van der Waals surface area contributed by atoms with Crippen LogP contribution < -0.4 is 15.9 Å². The molecule has 0 saturated heterocycles. The van der Waals surface area contributed by atoms with Gasteiger partial charge in [-0.3, -0.25) is 10.2 Å². The molecule has 23 heavy (non-hydrogen) atoms. The van der Waals surface area contributed by atoms with Crippen LogP contribution in [0.15, 0.2) is 52.5 Å². The standard InChI is InChI=1S/C14H11FN4O3S/c15-8-1-6-11-12(7-8)17-14(20)13(11)19-18-9-2-4-10(5-3-9)23(16,21)22/h1-7,18H,(H2,16,21,22)(H,17,19,20). The van der Waals surface area contributed by atoms with Crippen LogP contribution in [0.2, 0.25) is 0 Å². The molecule has 0 aliphatic carbocycles. The first-order chi connectivity index (χ1) is 10.8. The van der Waals surface area contributed by atoms with E-state index in [1.807, 2.05) is 0 Å². The van der Waals surface area contributed by atoms with Gasteiger partial charge in [-0.1, -0.05) is 0 Å². The lowest BCUT2D eigenvalue weighted by atomic mass is 10.1. The number of rotatable bonds is 3. The molecule has 118 valence electrons. The van der Waals surface area contributed by atoms with Crippen LogP contribution in [-0.4, -0.2) is 20.0 Å². The molecule has 0 bridgehead atoms. The number of nitrogens with one attached hydrogen (secondary N) is 2. The fourth-order valence-corrected chi connectivity index (χ4v) is 2.60. The first kappa shape index (κ1) is 15.1. The zero-order chi connectivity index (χ0) is 16.6. The van der Waals surface area contributed by atoms with Gasteiger partial charge in [-0.05, 0) is 42.5 Å². The Morgan fingerprint density at radius 3 is 2.48 bits per heavy atom. The maximum absolute atomic E-state index is 13.1. The van der Waals surface area contributed by atoms with Gasteiger partial charge in [0, 0.05) is 5.56 Å². The van der Waals surface area contributed by atoms with E-state index in [2.05, 4.69) is 15.8 Å². The summed E-state index contributed by atoms with van der Waals surface area (Å²) in [5.41, 5.74) is 4.05. The molecule has 1 heterocycles. The second-order valence-electron chi connectivity index (χ2n) is 4.79. The number of anilines is 2. The molecule has 0 aromatic heterocycles. The second-order valence-corrected chi connectivity index (χ2v) is 6.35. The summed E-state index contributed by atoms with van der Waals surface area (Å²) in [4.78, 5) is 11.8. The molecule has 4 N–H and O–H groups in total. The Balaban J connectivity index is 1.85. The molecule has 2 aromatic rings. The van der Waals surface area contributed by atoms with Gasteiger partial charge in [0.05, 0.1) is 16.3 Å². The van der Waals surface area contributed by atoms with E-state index in [1.54, 1.807) is 0 Å². The fraction of sp³-hybridized carbons (Fsp3) is 0. The second kappa shape index (κ2) is 5.45. The Morgan fingerprint density at radius 2 is 1.83 bits per heavy atom. The largest absolute Gasteiger partial charge is 0.320 e. The van der Waals surface area contributed by atoms with Crippen molar-refractivity contribution in [2.24, 2.45) is 10.2 Å². The predicted molar refractivity (Wildman–Crippen MR) is 83.0 cm³/mol.